The zero-order valence-electron chi connectivity index (χ0n) is 23.8. The molecule has 0 unspecified atom stereocenters. The predicted octanol–water partition coefficient (Wildman–Crippen LogP) is 11.3. The van der Waals surface area contributed by atoms with E-state index in [9.17, 15) is 0 Å². The maximum atomic E-state index is 2.51. The summed E-state index contributed by atoms with van der Waals surface area (Å²) >= 11 is 0. The molecule has 0 radical (unpaired) electrons. The first kappa shape index (κ1) is 22.7. The lowest BCUT2D eigenvalue weighted by molar-refractivity contribution is 1.18. The molecule has 0 aliphatic heterocycles. The van der Waals surface area contributed by atoms with Gasteiger partial charge in [0.05, 0.1) is 27.6 Å². The average Bonchev–Trinajstić information content (AvgIpc) is 3.73. The number of aromatic nitrogens is 2. The average molecular weight is 557 g/mol. The normalized spacial score (nSPS) is 12.5. The third kappa shape index (κ3) is 2.63. The fourth-order valence-corrected chi connectivity index (χ4v) is 8.27. The third-order valence-electron chi connectivity index (χ3n) is 10.00. The number of hydrogen-bond acceptors (Lipinski definition) is 0. The molecule has 0 N–H and O–H groups in total. The number of rotatable bonds is 2. The van der Waals surface area contributed by atoms with Crippen LogP contribution in [0, 0.1) is 0 Å². The SMILES string of the molecule is c1ccc(-n2c3ccccc3c3cc(-c4ccc5c6c4c4ccccc4c4ccc7c8ccccc8n5c7c46)ccc32)cc1. The highest BCUT2D eigenvalue weighted by Crippen LogP contribution is 2.49. The quantitative estimate of drug-likeness (QED) is 0.187. The summed E-state index contributed by atoms with van der Waals surface area (Å²) in [6.07, 6.45) is 0. The van der Waals surface area contributed by atoms with Gasteiger partial charge >= 0.3 is 0 Å². The zero-order chi connectivity index (χ0) is 28.5. The molecule has 3 aromatic heterocycles. The van der Waals surface area contributed by atoms with Gasteiger partial charge in [0, 0.05) is 43.4 Å². The zero-order valence-corrected chi connectivity index (χ0v) is 23.8. The number of hydrogen-bond donors (Lipinski definition) is 0. The first-order valence-electron chi connectivity index (χ1n) is 15.3. The fourth-order valence-electron chi connectivity index (χ4n) is 8.27. The third-order valence-corrected chi connectivity index (χ3v) is 10.00. The van der Waals surface area contributed by atoms with Crippen molar-refractivity contribution in [3.05, 3.63) is 146 Å². The minimum atomic E-state index is 1.18. The molecule has 0 bridgehead atoms. The Balaban J connectivity index is 1.31. The summed E-state index contributed by atoms with van der Waals surface area (Å²) < 4.78 is 4.90. The lowest BCUT2D eigenvalue weighted by Gasteiger charge is -2.14. The Morgan fingerprint density at radius 2 is 0.955 bits per heavy atom. The van der Waals surface area contributed by atoms with E-state index in [0.717, 1.165) is 0 Å². The van der Waals surface area contributed by atoms with E-state index in [1.165, 1.54) is 98.3 Å². The van der Waals surface area contributed by atoms with Crippen LogP contribution < -0.4 is 0 Å². The van der Waals surface area contributed by atoms with Crippen molar-refractivity contribution in [3.63, 3.8) is 0 Å². The Hall–Kier alpha value is -5.86. The van der Waals surface area contributed by atoms with Crippen LogP contribution in [0.3, 0.4) is 0 Å². The van der Waals surface area contributed by atoms with E-state index in [1.54, 1.807) is 0 Å². The second kappa shape index (κ2) is 7.94. The van der Waals surface area contributed by atoms with Gasteiger partial charge in [-0.05, 0) is 69.8 Å². The summed E-state index contributed by atoms with van der Waals surface area (Å²) in [7, 11) is 0. The molecule has 0 fully saturated rings. The largest absolute Gasteiger partial charge is 0.309 e. The lowest BCUT2D eigenvalue weighted by atomic mass is 9.88. The summed E-state index contributed by atoms with van der Waals surface area (Å²) in [5, 5.41) is 13.3. The summed E-state index contributed by atoms with van der Waals surface area (Å²) in [4.78, 5) is 0. The molecule has 0 amide bonds. The second-order valence-electron chi connectivity index (χ2n) is 12.1. The van der Waals surface area contributed by atoms with Crippen molar-refractivity contribution in [1.82, 2.24) is 8.97 Å². The van der Waals surface area contributed by atoms with Gasteiger partial charge in [-0.3, -0.25) is 0 Å². The van der Waals surface area contributed by atoms with Crippen molar-refractivity contribution in [2.75, 3.05) is 0 Å². The van der Waals surface area contributed by atoms with Crippen molar-refractivity contribution < 1.29 is 0 Å². The van der Waals surface area contributed by atoms with Crippen molar-refractivity contribution in [2.45, 2.75) is 0 Å². The number of fused-ring (bicyclic) bond motifs is 10. The second-order valence-corrected chi connectivity index (χ2v) is 12.1. The van der Waals surface area contributed by atoms with Gasteiger partial charge in [-0.2, -0.15) is 0 Å². The Morgan fingerprint density at radius 3 is 1.80 bits per heavy atom. The van der Waals surface area contributed by atoms with Gasteiger partial charge in [-0.1, -0.05) is 103 Å². The highest BCUT2D eigenvalue weighted by molar-refractivity contribution is 6.40. The van der Waals surface area contributed by atoms with Crippen LogP contribution in [0.15, 0.2) is 146 Å². The summed E-state index contributed by atoms with van der Waals surface area (Å²) in [5.74, 6) is 0. The molecule has 0 atom stereocenters. The Kier molecular flexibility index (Phi) is 4.10. The minimum Gasteiger partial charge on any atom is -0.309 e. The van der Waals surface area contributed by atoms with Gasteiger partial charge in [0.25, 0.3) is 0 Å². The van der Waals surface area contributed by atoms with E-state index in [1.807, 2.05) is 0 Å². The Bertz CT molecular complexity index is 2920. The summed E-state index contributed by atoms with van der Waals surface area (Å²) in [6.45, 7) is 0. The van der Waals surface area contributed by atoms with Gasteiger partial charge in [0.2, 0.25) is 0 Å². The number of nitrogens with zero attached hydrogens (tertiary/aromatic N) is 2. The van der Waals surface area contributed by atoms with Crippen LogP contribution in [-0.2, 0) is 0 Å². The van der Waals surface area contributed by atoms with Crippen LogP contribution in [0.2, 0.25) is 0 Å². The van der Waals surface area contributed by atoms with Gasteiger partial charge in [-0.25, -0.2) is 0 Å². The van der Waals surface area contributed by atoms with Gasteiger partial charge in [0.15, 0.2) is 0 Å². The molecule has 11 aromatic rings. The highest BCUT2D eigenvalue weighted by Gasteiger charge is 2.24. The van der Waals surface area contributed by atoms with Crippen LogP contribution >= 0.6 is 0 Å². The molecule has 0 aliphatic rings. The molecule has 2 heteroatoms. The van der Waals surface area contributed by atoms with E-state index >= 15 is 0 Å². The molecule has 202 valence electrons. The van der Waals surface area contributed by atoms with Crippen molar-refractivity contribution >= 4 is 81.4 Å². The van der Waals surface area contributed by atoms with E-state index in [2.05, 4.69) is 155 Å². The van der Waals surface area contributed by atoms with E-state index in [0.29, 0.717) is 0 Å². The molecule has 8 aromatic carbocycles. The first-order valence-corrected chi connectivity index (χ1v) is 15.3. The standard InChI is InChI=1S/C42H24N2/c1-2-10-26(11-3-1)43-35-16-8-7-14-30(35)34-24-25(18-22-37(34)43)27-21-23-38-41-39(27)31-15-5-4-12-28(31)32-19-20-33-29-13-6-9-17-36(29)44(38)42(33)40(32)41/h1-24H. The van der Waals surface area contributed by atoms with Crippen LogP contribution in [0.1, 0.15) is 0 Å². The topological polar surface area (TPSA) is 9.34 Å². The van der Waals surface area contributed by atoms with Crippen molar-refractivity contribution in [3.8, 4) is 16.8 Å². The van der Waals surface area contributed by atoms with Gasteiger partial charge in [0.1, 0.15) is 0 Å². The molecular formula is C42H24N2. The van der Waals surface area contributed by atoms with Crippen LogP contribution in [0.25, 0.3) is 98.3 Å². The summed E-state index contributed by atoms with van der Waals surface area (Å²) in [5.41, 5.74) is 10.1. The molecular weight excluding hydrogens is 532 g/mol. The molecule has 3 heterocycles. The number of para-hydroxylation sites is 3. The van der Waals surface area contributed by atoms with E-state index in [4.69, 9.17) is 0 Å². The minimum absolute atomic E-state index is 1.18. The Morgan fingerprint density at radius 1 is 0.341 bits per heavy atom. The molecule has 44 heavy (non-hydrogen) atoms. The smallest absolute Gasteiger partial charge is 0.0626 e. The highest BCUT2D eigenvalue weighted by atomic mass is 15.0. The lowest BCUT2D eigenvalue weighted by Crippen LogP contribution is -1.93. The monoisotopic (exact) mass is 556 g/mol. The summed E-state index contributed by atoms with van der Waals surface area (Å²) in [6, 6.07) is 53.8. The van der Waals surface area contributed by atoms with Crippen LogP contribution in [0.5, 0.6) is 0 Å². The fraction of sp³-hybridized carbons (Fsp3) is 0. The predicted molar refractivity (Wildman–Crippen MR) is 187 cm³/mol. The van der Waals surface area contributed by atoms with Crippen LogP contribution in [0.4, 0.5) is 0 Å². The van der Waals surface area contributed by atoms with E-state index in [-0.39, 0.29) is 0 Å². The molecule has 2 nitrogen and oxygen atoms in total. The molecule has 0 saturated carbocycles. The molecule has 11 rings (SSSR count). The van der Waals surface area contributed by atoms with Gasteiger partial charge in [-0.15, -0.1) is 0 Å². The maximum Gasteiger partial charge on any atom is 0.0626 e. The Labute approximate surface area is 252 Å². The molecule has 0 aliphatic carbocycles. The van der Waals surface area contributed by atoms with Gasteiger partial charge < -0.3 is 8.97 Å². The molecule has 0 saturated heterocycles. The van der Waals surface area contributed by atoms with E-state index < -0.39 is 0 Å². The molecule has 0 spiro atoms. The van der Waals surface area contributed by atoms with Crippen molar-refractivity contribution in [1.29, 1.82) is 0 Å². The first-order chi connectivity index (χ1) is 21.9. The maximum absolute atomic E-state index is 2.51. The van der Waals surface area contributed by atoms with Crippen molar-refractivity contribution in [2.24, 2.45) is 0 Å². The number of benzene rings is 8. The van der Waals surface area contributed by atoms with Crippen LogP contribution in [-0.4, -0.2) is 8.97 Å².